The summed E-state index contributed by atoms with van der Waals surface area (Å²) in [6.45, 7) is 11.4. The van der Waals surface area contributed by atoms with Crippen LogP contribution in [0.2, 0.25) is 0 Å². The molecule has 0 radical (unpaired) electrons. The molecule has 0 bridgehead atoms. The zero-order valence-corrected chi connectivity index (χ0v) is 12.3. The lowest BCUT2D eigenvalue weighted by atomic mass is 10.1. The highest BCUT2D eigenvalue weighted by atomic mass is 19.1. The predicted octanol–water partition coefficient (Wildman–Crippen LogP) is 2.91. The monoisotopic (exact) mass is 268 g/mol. The molecule has 19 heavy (non-hydrogen) atoms. The van der Waals surface area contributed by atoms with Gasteiger partial charge in [-0.15, -0.1) is 0 Å². The predicted molar refractivity (Wildman–Crippen MR) is 76.9 cm³/mol. The van der Waals surface area contributed by atoms with E-state index in [-0.39, 0.29) is 11.8 Å². The molecule has 0 amide bonds. The minimum atomic E-state index is -0.412. The molecule has 0 heterocycles. The fourth-order valence-electron chi connectivity index (χ4n) is 2.32. The summed E-state index contributed by atoms with van der Waals surface area (Å²) in [7, 11) is 0. The van der Waals surface area contributed by atoms with Gasteiger partial charge in [-0.05, 0) is 33.0 Å². The molecule has 2 unspecified atom stereocenters. The molecule has 2 atom stereocenters. The van der Waals surface area contributed by atoms with E-state index in [1.807, 2.05) is 6.92 Å². The summed E-state index contributed by atoms with van der Waals surface area (Å²) in [6, 6.07) is 4.46. The van der Waals surface area contributed by atoms with Gasteiger partial charge in [0.2, 0.25) is 0 Å². The van der Waals surface area contributed by atoms with Gasteiger partial charge in [0.15, 0.2) is 0 Å². The Balaban J connectivity index is 2.61. The van der Waals surface area contributed by atoms with Crippen LogP contribution < -0.4 is 5.32 Å². The lowest BCUT2D eigenvalue weighted by Crippen LogP contribution is -2.40. The molecule has 0 aromatic heterocycles. The minimum absolute atomic E-state index is 0.00818. The molecule has 1 aromatic rings. The first-order valence-electron chi connectivity index (χ1n) is 6.94. The number of rotatable bonds is 7. The van der Waals surface area contributed by atoms with E-state index in [0.717, 1.165) is 31.3 Å². The van der Waals surface area contributed by atoms with Crippen molar-refractivity contribution in [2.75, 3.05) is 19.6 Å². The van der Waals surface area contributed by atoms with Crippen molar-refractivity contribution in [1.82, 2.24) is 10.2 Å². The number of nitrogens with zero attached hydrogens (tertiary/aromatic N) is 1. The molecule has 0 aliphatic rings. The van der Waals surface area contributed by atoms with Crippen molar-refractivity contribution in [3.05, 3.63) is 29.6 Å². The number of hydrogen-bond acceptors (Lipinski definition) is 3. The number of hydrogen-bond donors (Lipinski definition) is 2. The van der Waals surface area contributed by atoms with Gasteiger partial charge in [-0.3, -0.25) is 0 Å². The Morgan fingerprint density at radius 1 is 1.26 bits per heavy atom. The molecule has 1 rings (SSSR count). The first kappa shape index (κ1) is 15.9. The van der Waals surface area contributed by atoms with E-state index >= 15 is 0 Å². The van der Waals surface area contributed by atoms with E-state index in [4.69, 9.17) is 0 Å². The summed E-state index contributed by atoms with van der Waals surface area (Å²) >= 11 is 0. The number of nitrogens with one attached hydrogen (secondary N) is 1. The Morgan fingerprint density at radius 2 is 1.89 bits per heavy atom. The maximum atomic E-state index is 12.9. The second-order valence-electron chi connectivity index (χ2n) is 4.98. The third-order valence-corrected chi connectivity index (χ3v) is 3.42. The lowest BCUT2D eigenvalue weighted by molar-refractivity contribution is 0.263. The number of phenolic OH excluding ortho intramolecular Hbond substituents is 1. The number of halogens is 1. The summed E-state index contributed by atoms with van der Waals surface area (Å²) in [4.78, 5) is 2.34. The Bertz CT molecular complexity index is 394. The smallest absolute Gasteiger partial charge is 0.126 e. The third kappa shape index (κ3) is 4.80. The minimum Gasteiger partial charge on any atom is -0.508 e. The van der Waals surface area contributed by atoms with E-state index < -0.39 is 5.82 Å². The zero-order valence-electron chi connectivity index (χ0n) is 12.3. The highest BCUT2D eigenvalue weighted by Gasteiger charge is 2.14. The molecule has 0 saturated heterocycles. The Hall–Kier alpha value is -1.13. The lowest BCUT2D eigenvalue weighted by Gasteiger charge is -2.26. The zero-order chi connectivity index (χ0) is 14.4. The SMILES string of the molecule is CCN(CC)CC(C)NC(C)c1ccc(F)cc1O. The summed E-state index contributed by atoms with van der Waals surface area (Å²) < 4.78 is 12.9. The maximum Gasteiger partial charge on any atom is 0.126 e. The Morgan fingerprint density at radius 3 is 2.42 bits per heavy atom. The van der Waals surface area contributed by atoms with Gasteiger partial charge >= 0.3 is 0 Å². The Kier molecular flexibility index (Phi) is 6.25. The average Bonchev–Trinajstić information content (AvgIpc) is 2.35. The molecule has 2 N–H and O–H groups in total. The van der Waals surface area contributed by atoms with Gasteiger partial charge in [-0.2, -0.15) is 0 Å². The van der Waals surface area contributed by atoms with Crippen molar-refractivity contribution in [3.63, 3.8) is 0 Å². The number of likely N-dealkylation sites (N-methyl/N-ethyl adjacent to an activating group) is 1. The van der Waals surface area contributed by atoms with Crippen molar-refractivity contribution in [2.45, 2.75) is 39.8 Å². The van der Waals surface area contributed by atoms with E-state index in [9.17, 15) is 9.50 Å². The van der Waals surface area contributed by atoms with Gasteiger partial charge in [0.05, 0.1) is 0 Å². The largest absolute Gasteiger partial charge is 0.508 e. The maximum absolute atomic E-state index is 12.9. The van der Waals surface area contributed by atoms with Crippen LogP contribution in [-0.2, 0) is 0 Å². The van der Waals surface area contributed by atoms with Crippen LogP contribution in [0.3, 0.4) is 0 Å². The van der Waals surface area contributed by atoms with Gasteiger partial charge in [0, 0.05) is 30.3 Å². The Labute approximate surface area is 115 Å². The summed E-state index contributed by atoms with van der Waals surface area (Å²) in [6.07, 6.45) is 0. The molecule has 0 aliphatic carbocycles. The highest BCUT2D eigenvalue weighted by molar-refractivity contribution is 5.34. The molecule has 4 heteroatoms. The van der Waals surface area contributed by atoms with Crippen LogP contribution in [0.15, 0.2) is 18.2 Å². The number of phenols is 1. The highest BCUT2D eigenvalue weighted by Crippen LogP contribution is 2.24. The van der Waals surface area contributed by atoms with Crippen LogP contribution in [0.4, 0.5) is 4.39 Å². The molecule has 0 spiro atoms. The molecular formula is C15H25FN2O. The summed E-state index contributed by atoms with van der Waals surface area (Å²) in [5.41, 5.74) is 0.729. The quantitative estimate of drug-likeness (QED) is 0.798. The molecule has 0 aliphatic heterocycles. The fourth-order valence-corrected chi connectivity index (χ4v) is 2.32. The fraction of sp³-hybridized carbons (Fsp3) is 0.600. The van der Waals surface area contributed by atoms with Crippen molar-refractivity contribution in [2.24, 2.45) is 0 Å². The van der Waals surface area contributed by atoms with Crippen molar-refractivity contribution in [1.29, 1.82) is 0 Å². The number of benzene rings is 1. The summed E-state index contributed by atoms with van der Waals surface area (Å²) in [5.74, 6) is -0.403. The molecule has 0 fully saturated rings. The van der Waals surface area contributed by atoms with Crippen LogP contribution >= 0.6 is 0 Å². The molecule has 108 valence electrons. The van der Waals surface area contributed by atoms with Crippen molar-refractivity contribution >= 4 is 0 Å². The van der Waals surface area contributed by atoms with Gasteiger partial charge in [-0.1, -0.05) is 19.9 Å². The topological polar surface area (TPSA) is 35.5 Å². The van der Waals surface area contributed by atoms with E-state index in [0.29, 0.717) is 6.04 Å². The molecule has 1 aromatic carbocycles. The van der Waals surface area contributed by atoms with Gasteiger partial charge in [0.25, 0.3) is 0 Å². The molecule has 0 saturated carbocycles. The van der Waals surface area contributed by atoms with Crippen LogP contribution in [0.5, 0.6) is 5.75 Å². The second kappa shape index (κ2) is 7.46. The molecular weight excluding hydrogens is 243 g/mol. The normalized spacial score (nSPS) is 14.6. The van der Waals surface area contributed by atoms with Gasteiger partial charge in [0.1, 0.15) is 11.6 Å². The number of aromatic hydroxyl groups is 1. The van der Waals surface area contributed by atoms with Crippen LogP contribution in [0.1, 0.15) is 39.3 Å². The van der Waals surface area contributed by atoms with Crippen LogP contribution in [-0.4, -0.2) is 35.7 Å². The van der Waals surface area contributed by atoms with Gasteiger partial charge < -0.3 is 15.3 Å². The van der Waals surface area contributed by atoms with Crippen LogP contribution in [0, 0.1) is 5.82 Å². The standard InChI is InChI=1S/C15H25FN2O/c1-5-18(6-2)10-11(3)17-12(4)14-8-7-13(16)9-15(14)19/h7-9,11-12,17,19H,5-6,10H2,1-4H3. The first-order valence-corrected chi connectivity index (χ1v) is 6.94. The third-order valence-electron chi connectivity index (χ3n) is 3.42. The summed E-state index contributed by atoms with van der Waals surface area (Å²) in [5, 5.41) is 13.2. The van der Waals surface area contributed by atoms with E-state index in [1.165, 1.54) is 6.07 Å². The average molecular weight is 268 g/mol. The van der Waals surface area contributed by atoms with E-state index in [2.05, 4.69) is 31.0 Å². The second-order valence-corrected chi connectivity index (χ2v) is 4.98. The van der Waals surface area contributed by atoms with E-state index in [1.54, 1.807) is 6.07 Å². The van der Waals surface area contributed by atoms with Gasteiger partial charge in [-0.25, -0.2) is 4.39 Å². The van der Waals surface area contributed by atoms with Crippen molar-refractivity contribution in [3.8, 4) is 5.75 Å². The molecule has 3 nitrogen and oxygen atoms in total. The first-order chi connectivity index (χ1) is 8.97. The van der Waals surface area contributed by atoms with Crippen LogP contribution in [0.25, 0.3) is 0 Å². The van der Waals surface area contributed by atoms with Crippen molar-refractivity contribution < 1.29 is 9.50 Å².